The summed E-state index contributed by atoms with van der Waals surface area (Å²) in [6.07, 6.45) is 1.04. The molecule has 1 aromatic heterocycles. The van der Waals surface area contributed by atoms with Crippen molar-refractivity contribution in [2.24, 2.45) is 5.92 Å². The number of carboxylic acids is 1. The fraction of sp³-hybridized carbons (Fsp3) is 0.333. The van der Waals surface area contributed by atoms with Crippen LogP contribution in [0, 0.1) is 5.92 Å². The molecule has 1 aliphatic heterocycles. The minimum Gasteiger partial charge on any atom is -0.481 e. The molecule has 6 heteroatoms. The number of piperidine rings is 1. The van der Waals surface area contributed by atoms with Crippen LogP contribution in [0.5, 0.6) is 0 Å². The molecule has 5 nitrogen and oxygen atoms in total. The molecule has 0 aliphatic carbocycles. The highest BCUT2D eigenvalue weighted by atomic mass is 79.9. The first-order valence-electron chi connectivity index (χ1n) is 6.85. The first kappa shape index (κ1) is 14.1. The van der Waals surface area contributed by atoms with Gasteiger partial charge in [0.1, 0.15) is 5.69 Å². The fourth-order valence-electron chi connectivity index (χ4n) is 2.72. The second-order valence-corrected chi connectivity index (χ2v) is 6.23. The largest absolute Gasteiger partial charge is 0.481 e. The maximum absolute atomic E-state index is 12.5. The second kappa shape index (κ2) is 5.52. The van der Waals surface area contributed by atoms with Gasteiger partial charge in [0.25, 0.3) is 5.91 Å². The number of H-pyrrole nitrogens is 1. The van der Waals surface area contributed by atoms with Crippen LogP contribution in [0.4, 0.5) is 0 Å². The van der Waals surface area contributed by atoms with Crippen molar-refractivity contribution in [2.45, 2.75) is 12.8 Å². The Morgan fingerprint density at radius 3 is 2.62 bits per heavy atom. The Kier molecular flexibility index (Phi) is 3.71. The van der Waals surface area contributed by atoms with Crippen molar-refractivity contribution in [1.82, 2.24) is 9.88 Å². The maximum Gasteiger partial charge on any atom is 0.306 e. The molecule has 1 aromatic carbocycles. The Morgan fingerprint density at radius 2 is 1.95 bits per heavy atom. The zero-order valence-corrected chi connectivity index (χ0v) is 12.9. The van der Waals surface area contributed by atoms with Crippen molar-refractivity contribution >= 4 is 38.7 Å². The maximum atomic E-state index is 12.5. The SMILES string of the molecule is O=C(O)C1CCN(C(=O)c2cc3cc(Br)ccc3[nH]2)CC1. The number of halogens is 1. The van der Waals surface area contributed by atoms with Crippen LogP contribution >= 0.6 is 15.9 Å². The molecule has 2 heterocycles. The standard InChI is InChI=1S/C15H15BrN2O3/c16-11-1-2-12-10(7-11)8-13(17-12)14(19)18-5-3-9(4-6-18)15(20)21/h1-2,7-9,17H,3-6H2,(H,20,21). The lowest BCUT2D eigenvalue weighted by Gasteiger charge is -2.29. The predicted octanol–water partition coefficient (Wildman–Crippen LogP) is 2.87. The third-order valence-corrected chi connectivity index (χ3v) is 4.44. The highest BCUT2D eigenvalue weighted by Crippen LogP contribution is 2.23. The molecule has 2 aromatic rings. The second-order valence-electron chi connectivity index (χ2n) is 5.32. The number of aliphatic carboxylic acids is 1. The quantitative estimate of drug-likeness (QED) is 0.874. The molecule has 2 N–H and O–H groups in total. The van der Waals surface area contributed by atoms with Crippen LogP contribution < -0.4 is 0 Å². The van der Waals surface area contributed by atoms with E-state index >= 15 is 0 Å². The van der Waals surface area contributed by atoms with Crippen LogP contribution in [0.1, 0.15) is 23.3 Å². The van der Waals surface area contributed by atoms with Gasteiger partial charge in [0.05, 0.1) is 5.92 Å². The molecule has 3 rings (SSSR count). The molecule has 0 saturated carbocycles. The van der Waals surface area contributed by atoms with Crippen molar-refractivity contribution in [3.63, 3.8) is 0 Å². The lowest BCUT2D eigenvalue weighted by Crippen LogP contribution is -2.40. The van der Waals surface area contributed by atoms with Crippen molar-refractivity contribution in [2.75, 3.05) is 13.1 Å². The van der Waals surface area contributed by atoms with E-state index in [2.05, 4.69) is 20.9 Å². The fourth-order valence-corrected chi connectivity index (χ4v) is 3.10. The van der Waals surface area contributed by atoms with E-state index in [1.54, 1.807) is 4.90 Å². The molecule has 0 unspecified atom stereocenters. The van der Waals surface area contributed by atoms with Crippen molar-refractivity contribution in [3.8, 4) is 0 Å². The van der Waals surface area contributed by atoms with Crippen LogP contribution in [0.15, 0.2) is 28.7 Å². The lowest BCUT2D eigenvalue weighted by molar-refractivity contribution is -0.143. The monoisotopic (exact) mass is 350 g/mol. The highest BCUT2D eigenvalue weighted by Gasteiger charge is 2.28. The number of aromatic nitrogens is 1. The smallest absolute Gasteiger partial charge is 0.306 e. The number of carbonyl (C=O) groups excluding carboxylic acids is 1. The summed E-state index contributed by atoms with van der Waals surface area (Å²) in [6, 6.07) is 7.64. The molecule has 1 aliphatic rings. The van der Waals surface area contributed by atoms with Gasteiger partial charge in [-0.05, 0) is 37.1 Å². The predicted molar refractivity (Wildman–Crippen MR) is 82.3 cm³/mol. The highest BCUT2D eigenvalue weighted by molar-refractivity contribution is 9.10. The summed E-state index contributed by atoms with van der Waals surface area (Å²) in [6.45, 7) is 0.990. The minimum atomic E-state index is -0.766. The van der Waals surface area contributed by atoms with E-state index in [-0.39, 0.29) is 11.8 Å². The molecule has 0 radical (unpaired) electrons. The van der Waals surface area contributed by atoms with E-state index in [1.165, 1.54) is 0 Å². The van der Waals surface area contributed by atoms with Gasteiger partial charge < -0.3 is 15.0 Å². The Labute approximate surface area is 130 Å². The molecule has 0 bridgehead atoms. The number of hydrogen-bond donors (Lipinski definition) is 2. The van der Waals surface area contributed by atoms with Gasteiger partial charge in [-0.2, -0.15) is 0 Å². The summed E-state index contributed by atoms with van der Waals surface area (Å²) in [7, 11) is 0. The molecular weight excluding hydrogens is 336 g/mol. The molecule has 1 saturated heterocycles. The third-order valence-electron chi connectivity index (χ3n) is 3.94. The van der Waals surface area contributed by atoms with Crippen molar-refractivity contribution in [3.05, 3.63) is 34.4 Å². The Hall–Kier alpha value is -1.82. The van der Waals surface area contributed by atoms with Gasteiger partial charge in [0, 0.05) is 28.5 Å². The number of carbonyl (C=O) groups is 2. The van der Waals surface area contributed by atoms with Gasteiger partial charge in [-0.3, -0.25) is 9.59 Å². The number of likely N-dealkylation sites (tertiary alicyclic amines) is 1. The number of aromatic amines is 1. The number of fused-ring (bicyclic) bond motifs is 1. The average Bonchev–Trinajstić information content (AvgIpc) is 2.89. The average molecular weight is 351 g/mol. The molecule has 0 spiro atoms. The van der Waals surface area contributed by atoms with Crippen LogP contribution in [0.25, 0.3) is 10.9 Å². The van der Waals surface area contributed by atoms with Gasteiger partial charge in [-0.1, -0.05) is 15.9 Å². The zero-order valence-electron chi connectivity index (χ0n) is 11.3. The van der Waals surface area contributed by atoms with Crippen LogP contribution in [-0.2, 0) is 4.79 Å². The lowest BCUT2D eigenvalue weighted by atomic mass is 9.97. The molecular formula is C15H15BrN2O3. The van der Waals surface area contributed by atoms with Gasteiger partial charge in [0.2, 0.25) is 0 Å². The van der Waals surface area contributed by atoms with Crippen LogP contribution in [0.3, 0.4) is 0 Å². The molecule has 1 amide bonds. The number of hydrogen-bond acceptors (Lipinski definition) is 2. The summed E-state index contributed by atoms with van der Waals surface area (Å²) >= 11 is 3.41. The van der Waals surface area contributed by atoms with E-state index in [0.29, 0.717) is 31.6 Å². The Balaban J connectivity index is 1.76. The van der Waals surface area contributed by atoms with Gasteiger partial charge >= 0.3 is 5.97 Å². The summed E-state index contributed by atoms with van der Waals surface area (Å²) < 4.78 is 0.968. The Morgan fingerprint density at radius 1 is 1.24 bits per heavy atom. The summed E-state index contributed by atoms with van der Waals surface area (Å²) in [5.74, 6) is -1.16. The number of amides is 1. The third kappa shape index (κ3) is 2.81. The normalized spacial score (nSPS) is 16.3. The molecule has 1 fully saturated rings. The van der Waals surface area contributed by atoms with Gasteiger partial charge in [-0.25, -0.2) is 0 Å². The molecule has 0 atom stereocenters. The first-order valence-corrected chi connectivity index (χ1v) is 7.64. The summed E-state index contributed by atoms with van der Waals surface area (Å²) in [5, 5.41) is 9.97. The van der Waals surface area contributed by atoms with Gasteiger partial charge in [-0.15, -0.1) is 0 Å². The zero-order chi connectivity index (χ0) is 15.0. The topological polar surface area (TPSA) is 73.4 Å². The number of carboxylic acid groups (broad SMARTS) is 1. The summed E-state index contributed by atoms with van der Waals surface area (Å²) in [4.78, 5) is 28.2. The van der Waals surface area contributed by atoms with Crippen molar-refractivity contribution in [1.29, 1.82) is 0 Å². The molecule has 21 heavy (non-hydrogen) atoms. The number of nitrogens with one attached hydrogen (secondary N) is 1. The van der Waals surface area contributed by atoms with E-state index in [0.717, 1.165) is 15.4 Å². The molecule has 110 valence electrons. The van der Waals surface area contributed by atoms with Crippen LogP contribution in [-0.4, -0.2) is 40.0 Å². The summed E-state index contributed by atoms with van der Waals surface area (Å²) in [5.41, 5.74) is 1.47. The Bertz CT molecular complexity index is 702. The number of benzene rings is 1. The van der Waals surface area contributed by atoms with Crippen molar-refractivity contribution < 1.29 is 14.7 Å². The van der Waals surface area contributed by atoms with E-state index < -0.39 is 5.97 Å². The first-order chi connectivity index (χ1) is 10.0. The number of nitrogens with zero attached hydrogens (tertiary/aromatic N) is 1. The van der Waals surface area contributed by atoms with E-state index in [4.69, 9.17) is 5.11 Å². The van der Waals surface area contributed by atoms with Gasteiger partial charge in [0.15, 0.2) is 0 Å². The van der Waals surface area contributed by atoms with E-state index in [9.17, 15) is 9.59 Å². The minimum absolute atomic E-state index is 0.0637. The van der Waals surface area contributed by atoms with E-state index in [1.807, 2.05) is 24.3 Å². The van der Waals surface area contributed by atoms with Crippen LogP contribution in [0.2, 0.25) is 0 Å². The number of rotatable bonds is 2.